The smallest absolute Gasteiger partial charge is 0.254 e. The van der Waals surface area contributed by atoms with Gasteiger partial charge in [-0.25, -0.2) is 9.50 Å². The molecule has 0 saturated carbocycles. The van der Waals surface area contributed by atoms with Crippen LogP contribution in [0, 0.1) is 13.8 Å². The number of amides is 1. The number of benzene rings is 1. The van der Waals surface area contributed by atoms with Crippen molar-refractivity contribution >= 4 is 11.6 Å². The number of imidazole rings is 1. The standard InChI is InChI=1S/C21H25N5O/c1-14-11-16(19-12-22-20-8-5-15(2)23-26(19)20)6-7-18(14)21(27)25(4)17-9-10-24(3)13-17/h5-8,11-12,17H,9-10,13H2,1-4H3. The second kappa shape index (κ2) is 6.78. The van der Waals surface area contributed by atoms with E-state index in [1.165, 1.54) is 0 Å². The third-order valence-corrected chi connectivity index (χ3v) is 5.48. The van der Waals surface area contributed by atoms with Gasteiger partial charge in [0, 0.05) is 30.8 Å². The largest absolute Gasteiger partial charge is 0.337 e. The van der Waals surface area contributed by atoms with E-state index < -0.39 is 0 Å². The molecule has 6 nitrogen and oxygen atoms in total. The van der Waals surface area contributed by atoms with Crippen molar-refractivity contribution in [2.45, 2.75) is 26.3 Å². The SMILES string of the molecule is Cc1ccc2ncc(-c3ccc(C(=O)N(C)C4CCN(C)C4)c(C)c3)n2n1. The molecule has 1 aromatic carbocycles. The number of aromatic nitrogens is 3. The van der Waals surface area contributed by atoms with Crippen LogP contribution in [0.2, 0.25) is 0 Å². The van der Waals surface area contributed by atoms with Crippen LogP contribution in [0.4, 0.5) is 0 Å². The Labute approximate surface area is 159 Å². The molecule has 1 aliphatic rings. The van der Waals surface area contributed by atoms with Gasteiger partial charge < -0.3 is 9.80 Å². The molecule has 6 heteroatoms. The Balaban J connectivity index is 1.64. The minimum Gasteiger partial charge on any atom is -0.337 e. The Bertz CT molecular complexity index is 1010. The van der Waals surface area contributed by atoms with Crippen LogP contribution in [0.1, 0.15) is 28.0 Å². The Morgan fingerprint density at radius 1 is 1.22 bits per heavy atom. The summed E-state index contributed by atoms with van der Waals surface area (Å²) in [5.74, 6) is 0.0893. The van der Waals surface area contributed by atoms with E-state index in [0.717, 1.165) is 53.2 Å². The van der Waals surface area contributed by atoms with Crippen LogP contribution in [-0.2, 0) is 0 Å². The van der Waals surface area contributed by atoms with Crippen molar-refractivity contribution in [1.29, 1.82) is 0 Å². The fourth-order valence-corrected chi connectivity index (χ4v) is 3.81. The highest BCUT2D eigenvalue weighted by atomic mass is 16.2. The van der Waals surface area contributed by atoms with Crippen LogP contribution >= 0.6 is 0 Å². The maximum Gasteiger partial charge on any atom is 0.254 e. The summed E-state index contributed by atoms with van der Waals surface area (Å²) < 4.78 is 1.85. The van der Waals surface area contributed by atoms with E-state index in [-0.39, 0.29) is 11.9 Å². The molecule has 0 aliphatic carbocycles. The van der Waals surface area contributed by atoms with E-state index >= 15 is 0 Å². The summed E-state index contributed by atoms with van der Waals surface area (Å²) in [6, 6.07) is 10.2. The first-order valence-corrected chi connectivity index (χ1v) is 9.32. The lowest BCUT2D eigenvalue weighted by Crippen LogP contribution is -2.38. The van der Waals surface area contributed by atoms with Crippen LogP contribution in [-0.4, -0.2) is 63.5 Å². The van der Waals surface area contributed by atoms with E-state index in [0.29, 0.717) is 0 Å². The normalized spacial score (nSPS) is 17.6. The molecule has 0 N–H and O–H groups in total. The molecule has 3 heterocycles. The molecule has 0 radical (unpaired) electrons. The Morgan fingerprint density at radius 3 is 2.74 bits per heavy atom. The number of aryl methyl sites for hydroxylation is 2. The van der Waals surface area contributed by atoms with Gasteiger partial charge in [-0.2, -0.15) is 5.10 Å². The number of nitrogens with zero attached hydrogens (tertiary/aromatic N) is 5. The summed E-state index contributed by atoms with van der Waals surface area (Å²) in [4.78, 5) is 21.6. The zero-order valence-corrected chi connectivity index (χ0v) is 16.3. The third kappa shape index (κ3) is 3.21. The predicted octanol–water partition coefficient (Wildman–Crippen LogP) is 2.79. The van der Waals surface area contributed by atoms with E-state index in [1.807, 2.05) is 60.8 Å². The van der Waals surface area contributed by atoms with Crippen molar-refractivity contribution in [2.24, 2.45) is 0 Å². The fraction of sp³-hybridized carbons (Fsp3) is 0.381. The lowest BCUT2D eigenvalue weighted by Gasteiger charge is -2.25. The number of carbonyl (C=O) groups excluding carboxylic acids is 1. The number of likely N-dealkylation sites (tertiary alicyclic amines) is 1. The topological polar surface area (TPSA) is 53.7 Å². The molecule has 0 bridgehead atoms. The molecule has 3 aromatic rings. The summed E-state index contributed by atoms with van der Waals surface area (Å²) in [6.45, 7) is 5.94. The second-order valence-corrected chi connectivity index (χ2v) is 7.54. The van der Waals surface area contributed by atoms with E-state index in [9.17, 15) is 4.79 Å². The van der Waals surface area contributed by atoms with Gasteiger partial charge in [-0.05, 0) is 63.7 Å². The molecule has 4 rings (SSSR count). The molecule has 0 spiro atoms. The van der Waals surface area contributed by atoms with Crippen LogP contribution in [0.5, 0.6) is 0 Å². The number of rotatable bonds is 3. The Morgan fingerprint density at radius 2 is 2.04 bits per heavy atom. The predicted molar refractivity (Wildman–Crippen MR) is 106 cm³/mol. The summed E-state index contributed by atoms with van der Waals surface area (Å²) in [5.41, 5.74) is 5.43. The number of hydrogen-bond acceptors (Lipinski definition) is 4. The number of hydrogen-bond donors (Lipinski definition) is 0. The summed E-state index contributed by atoms with van der Waals surface area (Å²) >= 11 is 0. The number of carbonyl (C=O) groups is 1. The van der Waals surface area contributed by atoms with Gasteiger partial charge in [0.1, 0.15) is 0 Å². The molecule has 2 aromatic heterocycles. The summed E-state index contributed by atoms with van der Waals surface area (Å²) in [6.07, 6.45) is 2.86. The van der Waals surface area contributed by atoms with Gasteiger partial charge in [-0.1, -0.05) is 6.07 Å². The average Bonchev–Trinajstić information content (AvgIpc) is 3.26. The number of likely N-dealkylation sites (N-methyl/N-ethyl adjacent to an activating group) is 2. The molecular weight excluding hydrogens is 338 g/mol. The van der Waals surface area contributed by atoms with E-state index in [1.54, 1.807) is 0 Å². The highest BCUT2D eigenvalue weighted by Crippen LogP contribution is 2.24. The zero-order chi connectivity index (χ0) is 19.1. The second-order valence-electron chi connectivity index (χ2n) is 7.54. The lowest BCUT2D eigenvalue weighted by atomic mass is 10.0. The molecule has 1 unspecified atom stereocenters. The van der Waals surface area contributed by atoms with Gasteiger partial charge >= 0.3 is 0 Å². The van der Waals surface area contributed by atoms with Crippen molar-refractivity contribution in [3.63, 3.8) is 0 Å². The van der Waals surface area contributed by atoms with Gasteiger partial charge in [-0.15, -0.1) is 0 Å². The van der Waals surface area contributed by atoms with Crippen molar-refractivity contribution in [1.82, 2.24) is 24.4 Å². The monoisotopic (exact) mass is 363 g/mol. The number of fused-ring (bicyclic) bond motifs is 1. The molecule has 1 aliphatic heterocycles. The third-order valence-electron chi connectivity index (χ3n) is 5.48. The van der Waals surface area contributed by atoms with Crippen molar-refractivity contribution in [2.75, 3.05) is 27.2 Å². The van der Waals surface area contributed by atoms with Crippen molar-refractivity contribution < 1.29 is 4.79 Å². The Hall–Kier alpha value is -2.73. The minimum absolute atomic E-state index is 0.0893. The van der Waals surface area contributed by atoms with Crippen LogP contribution in [0.25, 0.3) is 16.9 Å². The Kier molecular flexibility index (Phi) is 4.44. The van der Waals surface area contributed by atoms with E-state index in [4.69, 9.17) is 0 Å². The average molecular weight is 363 g/mol. The van der Waals surface area contributed by atoms with E-state index in [2.05, 4.69) is 28.1 Å². The van der Waals surface area contributed by atoms with Gasteiger partial charge in [0.25, 0.3) is 5.91 Å². The van der Waals surface area contributed by atoms with Gasteiger partial charge in [0.05, 0.1) is 17.6 Å². The van der Waals surface area contributed by atoms with Gasteiger partial charge in [-0.3, -0.25) is 4.79 Å². The van der Waals surface area contributed by atoms with Crippen LogP contribution < -0.4 is 0 Å². The van der Waals surface area contributed by atoms with Crippen molar-refractivity contribution in [3.8, 4) is 11.3 Å². The molecule has 140 valence electrons. The summed E-state index contributed by atoms with van der Waals surface area (Å²) in [5, 5.41) is 4.56. The van der Waals surface area contributed by atoms with Crippen LogP contribution in [0.15, 0.2) is 36.5 Å². The van der Waals surface area contributed by atoms with Crippen molar-refractivity contribution in [3.05, 3.63) is 53.3 Å². The molecule has 27 heavy (non-hydrogen) atoms. The highest BCUT2D eigenvalue weighted by molar-refractivity contribution is 5.96. The molecule has 1 atom stereocenters. The molecule has 1 amide bonds. The van der Waals surface area contributed by atoms with Gasteiger partial charge in [0.2, 0.25) is 0 Å². The molecule has 1 saturated heterocycles. The molecular formula is C21H25N5O. The lowest BCUT2D eigenvalue weighted by molar-refractivity contribution is 0.0737. The zero-order valence-electron chi connectivity index (χ0n) is 16.3. The first-order valence-electron chi connectivity index (χ1n) is 9.32. The fourth-order valence-electron chi connectivity index (χ4n) is 3.81. The summed E-state index contributed by atoms with van der Waals surface area (Å²) in [7, 11) is 4.01. The minimum atomic E-state index is 0.0893. The maximum absolute atomic E-state index is 13.0. The van der Waals surface area contributed by atoms with Gasteiger partial charge in [0.15, 0.2) is 5.65 Å². The van der Waals surface area contributed by atoms with Crippen LogP contribution in [0.3, 0.4) is 0 Å². The maximum atomic E-state index is 13.0. The molecule has 1 fully saturated rings. The first-order chi connectivity index (χ1) is 12.9. The quantitative estimate of drug-likeness (QED) is 0.718. The first kappa shape index (κ1) is 17.7. The highest BCUT2D eigenvalue weighted by Gasteiger charge is 2.27.